The Morgan fingerprint density at radius 3 is 0.902 bits per heavy atom. The summed E-state index contributed by atoms with van der Waals surface area (Å²) < 4.78 is 5.25. The van der Waals surface area contributed by atoms with Crippen molar-refractivity contribution in [3.8, 4) is 0 Å². The quantitative estimate of drug-likeness (QED) is 0.289. The average Bonchev–Trinajstić information content (AvgIpc) is 4.16. The van der Waals surface area contributed by atoms with Crippen molar-refractivity contribution >= 4 is 0 Å². The van der Waals surface area contributed by atoms with E-state index in [2.05, 4.69) is 118 Å². The Morgan fingerprint density at radius 1 is 0.377 bits per heavy atom. The van der Waals surface area contributed by atoms with Gasteiger partial charge in [-0.05, 0) is 102 Å². The molecule has 2 heteroatoms. The van der Waals surface area contributed by atoms with Crippen molar-refractivity contribution in [2.45, 2.75) is 255 Å². The van der Waals surface area contributed by atoms with Crippen molar-refractivity contribution in [1.82, 2.24) is 4.98 Å². The van der Waals surface area contributed by atoms with E-state index in [1.165, 1.54) is 88.2 Å². The Morgan fingerprint density at radius 2 is 0.705 bits per heavy atom. The summed E-state index contributed by atoms with van der Waals surface area (Å²) in [5.74, 6) is 9.13. The molecule has 3 aliphatic carbocycles. The van der Waals surface area contributed by atoms with Crippen LogP contribution in [0.1, 0.15) is 266 Å². The molecule has 0 spiro atoms. The first-order chi connectivity index (χ1) is 29.3. The van der Waals surface area contributed by atoms with Crippen LogP contribution >= 0.6 is 0 Å². The predicted molar refractivity (Wildman–Crippen MR) is 286 cm³/mol. The summed E-state index contributed by atoms with van der Waals surface area (Å²) in [5.41, 5.74) is 2.72. The molecule has 0 N–H and O–H groups in total. The molecule has 1 saturated heterocycles. The second-order valence-corrected chi connectivity index (χ2v) is 17.4. The van der Waals surface area contributed by atoms with Crippen molar-refractivity contribution in [3.63, 3.8) is 0 Å². The van der Waals surface area contributed by atoms with Crippen LogP contribution in [0, 0.1) is 47.3 Å². The zero-order chi connectivity index (χ0) is 48.6. The maximum Gasteiger partial charge on any atom is 0.0468 e. The summed E-state index contributed by atoms with van der Waals surface area (Å²) in [4.78, 5) is 4.01. The highest BCUT2D eigenvalue weighted by molar-refractivity contribution is 5.17. The van der Waals surface area contributed by atoms with Gasteiger partial charge in [0.05, 0.1) is 0 Å². The van der Waals surface area contributed by atoms with Crippen LogP contribution in [0.4, 0.5) is 0 Å². The minimum Gasteiger partial charge on any atom is -0.381 e. The van der Waals surface area contributed by atoms with Crippen molar-refractivity contribution in [3.05, 3.63) is 66.0 Å². The first kappa shape index (κ1) is 71.0. The van der Waals surface area contributed by atoms with E-state index in [9.17, 15) is 0 Å². The second kappa shape index (κ2) is 54.5. The number of rotatable bonds is 6. The van der Waals surface area contributed by atoms with Crippen LogP contribution in [0.25, 0.3) is 0 Å². The Labute approximate surface area is 389 Å². The average molecular weight is 859 g/mol. The molecule has 0 radical (unpaired) electrons. The van der Waals surface area contributed by atoms with E-state index in [0.717, 1.165) is 60.6 Å². The lowest BCUT2D eigenvalue weighted by atomic mass is 9.78. The van der Waals surface area contributed by atoms with Gasteiger partial charge in [-0.15, -0.1) is 0 Å². The third kappa shape index (κ3) is 46.1. The van der Waals surface area contributed by atoms with Crippen LogP contribution in [0.3, 0.4) is 0 Å². The topological polar surface area (TPSA) is 22.1 Å². The van der Waals surface area contributed by atoms with Crippen molar-refractivity contribution < 1.29 is 4.74 Å². The predicted octanol–water partition coefficient (Wildman–Crippen LogP) is 21.0. The Kier molecular flexibility index (Phi) is 63.4. The van der Waals surface area contributed by atoms with E-state index in [0.29, 0.717) is 11.8 Å². The van der Waals surface area contributed by atoms with Gasteiger partial charge in [0.2, 0.25) is 0 Å². The maximum absolute atomic E-state index is 5.25. The fraction of sp³-hybridized carbons (Fsp3) is 0.814. The van der Waals surface area contributed by atoms with E-state index in [1.54, 1.807) is 6.20 Å². The van der Waals surface area contributed by atoms with Crippen molar-refractivity contribution in [2.24, 2.45) is 47.3 Å². The van der Waals surface area contributed by atoms with Gasteiger partial charge in [0.25, 0.3) is 0 Å². The molecule has 2 aromatic rings. The third-order valence-corrected chi connectivity index (χ3v) is 11.3. The van der Waals surface area contributed by atoms with Gasteiger partial charge in [-0.25, -0.2) is 0 Å². The lowest BCUT2D eigenvalue weighted by Crippen LogP contribution is -2.19. The SMILES string of the molecule is CC.CC.CC.CC.CC.CC.CC(C)C1CC1.CC(C)C1CCC1.CC(C)C1CCCCC1.CC(C)C1CCOCC1.CC(C)c1ccccc1.CC(C)c1cccnc1. The zero-order valence-corrected chi connectivity index (χ0v) is 46.7. The number of benzene rings is 1. The lowest BCUT2D eigenvalue weighted by molar-refractivity contribution is 0.0523. The first-order valence-corrected chi connectivity index (χ1v) is 26.9. The van der Waals surface area contributed by atoms with E-state index in [1.807, 2.05) is 101 Å². The summed E-state index contributed by atoms with van der Waals surface area (Å²) in [5, 5.41) is 0. The monoisotopic (exact) mass is 858 g/mol. The van der Waals surface area contributed by atoms with Crippen LogP contribution in [0.15, 0.2) is 54.9 Å². The highest BCUT2D eigenvalue weighted by Crippen LogP contribution is 2.36. The Balaban J connectivity index is -0.000000142. The highest BCUT2D eigenvalue weighted by atomic mass is 16.5. The van der Waals surface area contributed by atoms with Crippen LogP contribution in [-0.4, -0.2) is 18.2 Å². The standard InChI is InChI=1S/C9H18.C9H12.C8H11N.C8H16O.C7H14.C6H12.6C2H6/c2*1-8(2)9-6-4-3-5-7-9;1-7(2)8-4-3-5-9-6-8;1-7(2)8-3-5-9-6-4-8;1-6(2)7-4-3-5-7;1-5(2)6-3-4-6;6*1-2/h8-9H,3-7H2,1-2H3;3-8H,1-2H3;3-7H,1-2H3;7-8H,3-6H2,1-2H3;6-7H,3-5H2,1-2H3;5-6H,3-4H2,1-2H3;6*1-2H3. The molecule has 1 aromatic carbocycles. The molecule has 1 aliphatic heterocycles. The maximum atomic E-state index is 5.25. The normalized spacial score (nSPS) is 15.2. The van der Waals surface area contributed by atoms with Gasteiger partial charge in [0, 0.05) is 25.6 Å². The summed E-state index contributed by atoms with van der Waals surface area (Å²) in [6, 6.07) is 14.6. The van der Waals surface area contributed by atoms with Gasteiger partial charge in [0.15, 0.2) is 0 Å². The lowest BCUT2D eigenvalue weighted by Gasteiger charge is -2.28. The fourth-order valence-corrected chi connectivity index (χ4v) is 6.61. The molecular weight excluding hydrogens is 739 g/mol. The summed E-state index contributed by atoms with van der Waals surface area (Å²) in [7, 11) is 0. The van der Waals surface area contributed by atoms with Crippen LogP contribution in [0.5, 0.6) is 0 Å². The van der Waals surface area contributed by atoms with E-state index < -0.39 is 0 Å². The first-order valence-electron chi connectivity index (χ1n) is 26.9. The van der Waals surface area contributed by atoms with Gasteiger partial charge in [0.1, 0.15) is 0 Å². The second-order valence-electron chi connectivity index (χ2n) is 17.4. The van der Waals surface area contributed by atoms with Crippen LogP contribution < -0.4 is 0 Å². The van der Waals surface area contributed by atoms with Gasteiger partial charge in [-0.1, -0.05) is 254 Å². The van der Waals surface area contributed by atoms with Gasteiger partial charge in [-0.3, -0.25) is 4.98 Å². The molecule has 4 fully saturated rings. The minimum absolute atomic E-state index is 0.596. The smallest absolute Gasteiger partial charge is 0.0468 e. The van der Waals surface area contributed by atoms with Gasteiger partial charge >= 0.3 is 0 Å². The van der Waals surface area contributed by atoms with E-state index in [4.69, 9.17) is 4.74 Å². The number of nitrogens with zero attached hydrogens (tertiary/aromatic N) is 1. The molecule has 6 rings (SSSR count). The molecule has 61 heavy (non-hydrogen) atoms. The molecule has 3 saturated carbocycles. The molecule has 0 unspecified atom stereocenters. The van der Waals surface area contributed by atoms with Crippen molar-refractivity contribution in [2.75, 3.05) is 13.2 Å². The number of aromatic nitrogens is 1. The van der Waals surface area contributed by atoms with Crippen molar-refractivity contribution in [1.29, 1.82) is 0 Å². The summed E-state index contributed by atoms with van der Waals surface area (Å²) >= 11 is 0. The highest BCUT2D eigenvalue weighted by Gasteiger charge is 2.24. The van der Waals surface area contributed by atoms with Crippen LogP contribution in [0.2, 0.25) is 0 Å². The molecule has 1 aromatic heterocycles. The molecule has 0 amide bonds. The minimum atomic E-state index is 0.596. The molecule has 2 heterocycles. The number of ether oxygens (including phenoxy) is 1. The van der Waals surface area contributed by atoms with E-state index in [-0.39, 0.29) is 0 Å². The molecule has 2 nitrogen and oxygen atoms in total. The molecule has 366 valence electrons. The Hall–Kier alpha value is -1.67. The largest absolute Gasteiger partial charge is 0.381 e. The number of hydrogen-bond acceptors (Lipinski definition) is 2. The molecular formula is C59H119NO. The molecule has 4 aliphatic rings. The van der Waals surface area contributed by atoms with E-state index >= 15 is 0 Å². The number of hydrogen-bond donors (Lipinski definition) is 0. The molecule has 0 bridgehead atoms. The summed E-state index contributed by atoms with van der Waals surface area (Å²) in [6.07, 6.45) is 21.2. The van der Waals surface area contributed by atoms with Gasteiger partial charge < -0.3 is 4.74 Å². The van der Waals surface area contributed by atoms with Crippen LogP contribution in [-0.2, 0) is 4.74 Å². The fourth-order valence-electron chi connectivity index (χ4n) is 6.61. The van der Waals surface area contributed by atoms with Gasteiger partial charge in [-0.2, -0.15) is 0 Å². The third-order valence-electron chi connectivity index (χ3n) is 11.3. The molecule has 0 atom stereocenters. The number of pyridine rings is 1. The summed E-state index contributed by atoms with van der Waals surface area (Å²) in [6.45, 7) is 53.3. The Bertz CT molecular complexity index is 910. The zero-order valence-electron chi connectivity index (χ0n) is 46.7.